The first-order valence-electron chi connectivity index (χ1n) is 7.23. The second-order valence-electron chi connectivity index (χ2n) is 5.59. The average Bonchev–Trinajstić information content (AvgIpc) is 3.05. The summed E-state index contributed by atoms with van der Waals surface area (Å²) in [5.74, 6) is 0.561. The van der Waals surface area contributed by atoms with Crippen molar-refractivity contribution in [2.24, 2.45) is 10.7 Å². The summed E-state index contributed by atoms with van der Waals surface area (Å²) in [6.07, 6.45) is 4.31. The van der Waals surface area contributed by atoms with Gasteiger partial charge < -0.3 is 20.1 Å². The van der Waals surface area contributed by atoms with Crippen LogP contribution in [-0.2, 0) is 16.0 Å². The van der Waals surface area contributed by atoms with Gasteiger partial charge in [0.1, 0.15) is 17.8 Å². The van der Waals surface area contributed by atoms with Crippen LogP contribution in [0.4, 0.5) is 0 Å². The largest absolute Gasteiger partial charge is 0.377 e. The summed E-state index contributed by atoms with van der Waals surface area (Å²) in [7, 11) is 3.66. The number of ether oxygens (including phenoxy) is 2. The molecule has 0 spiro atoms. The number of nitrogens with two attached hydrogens (primary N) is 1. The Kier molecular flexibility index (Phi) is 4.07. The van der Waals surface area contributed by atoms with Gasteiger partial charge >= 0.3 is 0 Å². The molecule has 1 aliphatic carbocycles. The minimum absolute atomic E-state index is 0.0223. The summed E-state index contributed by atoms with van der Waals surface area (Å²) in [5.41, 5.74) is 6.75. The highest BCUT2D eigenvalue weighted by Gasteiger charge is 2.31. The molecule has 2 fully saturated rings. The average molecular weight is 294 g/mol. The molecule has 0 aromatic carbocycles. The molecule has 8 heteroatoms. The Labute approximate surface area is 123 Å². The monoisotopic (exact) mass is 294 g/mol. The Morgan fingerprint density at radius 2 is 2.38 bits per heavy atom. The molecule has 0 radical (unpaired) electrons. The number of aromatic nitrogens is 3. The molecule has 8 nitrogen and oxygen atoms in total. The molecule has 3 rings (SSSR count). The molecule has 0 bridgehead atoms. The van der Waals surface area contributed by atoms with E-state index >= 15 is 0 Å². The molecule has 2 atom stereocenters. The lowest BCUT2D eigenvalue weighted by molar-refractivity contribution is 0.0661. The Morgan fingerprint density at radius 1 is 1.57 bits per heavy atom. The van der Waals surface area contributed by atoms with Gasteiger partial charge in [-0.1, -0.05) is 5.21 Å². The Balaban J connectivity index is 1.61. The van der Waals surface area contributed by atoms with Gasteiger partial charge in [-0.25, -0.2) is 9.67 Å². The fourth-order valence-electron chi connectivity index (χ4n) is 2.47. The number of methoxy groups -OCH3 is 1. The van der Waals surface area contributed by atoms with Crippen molar-refractivity contribution in [2.75, 3.05) is 27.4 Å². The first-order chi connectivity index (χ1) is 10.2. The molecule has 1 saturated carbocycles. The Hall–Kier alpha value is -1.67. The van der Waals surface area contributed by atoms with Gasteiger partial charge in [0, 0.05) is 20.2 Å². The molecule has 2 aliphatic rings. The number of rotatable bonds is 5. The summed E-state index contributed by atoms with van der Waals surface area (Å²) in [6.45, 7) is 1.62. The van der Waals surface area contributed by atoms with Gasteiger partial charge in [-0.2, -0.15) is 0 Å². The van der Waals surface area contributed by atoms with Gasteiger partial charge in [-0.15, -0.1) is 5.10 Å². The number of hydrogen-bond acceptors (Lipinski definition) is 5. The van der Waals surface area contributed by atoms with Gasteiger partial charge in [0.25, 0.3) is 0 Å². The standard InChI is InChI=1S/C13H22N6O2/c1-18(10-3-4-10)13(14)15-5-9-6-19(17-16-9)11-7-21-8-12(11)20-2/h6,10-12H,3-5,7-8H2,1-2H3,(H2,14,15)/t11-,12-/m1/s1. The lowest BCUT2D eigenvalue weighted by Crippen LogP contribution is -2.35. The molecule has 0 amide bonds. The van der Waals surface area contributed by atoms with Crippen molar-refractivity contribution in [1.29, 1.82) is 0 Å². The quantitative estimate of drug-likeness (QED) is 0.596. The van der Waals surface area contributed by atoms with E-state index in [4.69, 9.17) is 15.2 Å². The van der Waals surface area contributed by atoms with Gasteiger partial charge in [0.2, 0.25) is 0 Å². The molecule has 1 aromatic heterocycles. The smallest absolute Gasteiger partial charge is 0.191 e. The zero-order valence-corrected chi connectivity index (χ0v) is 12.5. The molecule has 1 saturated heterocycles. The van der Waals surface area contributed by atoms with E-state index in [1.165, 1.54) is 12.8 Å². The molecule has 1 aromatic rings. The summed E-state index contributed by atoms with van der Waals surface area (Å²) in [6, 6.07) is 0.634. The topological polar surface area (TPSA) is 90.8 Å². The number of aliphatic imine (C=N–C) groups is 1. The lowest BCUT2D eigenvalue weighted by atomic mass is 10.2. The first-order valence-corrected chi connectivity index (χ1v) is 7.23. The van der Waals surface area contributed by atoms with E-state index in [0.29, 0.717) is 31.8 Å². The minimum atomic E-state index is 0.0223. The first kappa shape index (κ1) is 14.3. The maximum atomic E-state index is 5.96. The van der Waals surface area contributed by atoms with Crippen LogP contribution in [0.25, 0.3) is 0 Å². The van der Waals surface area contributed by atoms with Crippen molar-refractivity contribution in [3.05, 3.63) is 11.9 Å². The van der Waals surface area contributed by atoms with E-state index < -0.39 is 0 Å². The van der Waals surface area contributed by atoms with Crippen LogP contribution < -0.4 is 5.73 Å². The van der Waals surface area contributed by atoms with Crippen LogP contribution in [0.1, 0.15) is 24.6 Å². The highest BCUT2D eigenvalue weighted by atomic mass is 16.5. The third kappa shape index (κ3) is 3.16. The zero-order valence-electron chi connectivity index (χ0n) is 12.5. The van der Waals surface area contributed by atoms with E-state index in [9.17, 15) is 0 Å². The summed E-state index contributed by atoms with van der Waals surface area (Å²) in [5, 5.41) is 8.29. The van der Waals surface area contributed by atoms with Crippen LogP contribution in [0.15, 0.2) is 11.2 Å². The highest BCUT2D eigenvalue weighted by molar-refractivity contribution is 5.78. The van der Waals surface area contributed by atoms with Gasteiger partial charge in [-0.3, -0.25) is 0 Å². The Morgan fingerprint density at radius 3 is 3.10 bits per heavy atom. The van der Waals surface area contributed by atoms with Crippen molar-refractivity contribution in [1.82, 2.24) is 19.9 Å². The molecule has 2 N–H and O–H groups in total. The minimum Gasteiger partial charge on any atom is -0.377 e. The van der Waals surface area contributed by atoms with Crippen molar-refractivity contribution in [3.8, 4) is 0 Å². The van der Waals surface area contributed by atoms with Crippen molar-refractivity contribution >= 4 is 5.96 Å². The fraction of sp³-hybridized carbons (Fsp3) is 0.769. The summed E-state index contributed by atoms with van der Waals surface area (Å²) >= 11 is 0. The molecule has 116 valence electrons. The number of guanidine groups is 1. The molecule has 0 unspecified atom stereocenters. The van der Waals surface area contributed by atoms with E-state index in [0.717, 1.165) is 5.69 Å². The normalized spacial score (nSPS) is 26.3. The molecule has 2 heterocycles. The predicted octanol–water partition coefficient (Wildman–Crippen LogP) is -0.227. The molecular formula is C13H22N6O2. The van der Waals surface area contributed by atoms with Crippen LogP contribution in [0.2, 0.25) is 0 Å². The van der Waals surface area contributed by atoms with Crippen LogP contribution >= 0.6 is 0 Å². The van der Waals surface area contributed by atoms with E-state index in [1.54, 1.807) is 11.8 Å². The fourth-order valence-corrected chi connectivity index (χ4v) is 2.47. The zero-order chi connectivity index (χ0) is 14.8. The van der Waals surface area contributed by atoms with E-state index in [-0.39, 0.29) is 12.1 Å². The van der Waals surface area contributed by atoms with Crippen molar-refractivity contribution in [3.63, 3.8) is 0 Å². The van der Waals surface area contributed by atoms with Crippen LogP contribution in [0, 0.1) is 0 Å². The molecular weight excluding hydrogens is 272 g/mol. The predicted molar refractivity (Wildman–Crippen MR) is 76.8 cm³/mol. The molecule has 1 aliphatic heterocycles. The second kappa shape index (κ2) is 5.98. The van der Waals surface area contributed by atoms with Crippen molar-refractivity contribution < 1.29 is 9.47 Å². The molecule has 21 heavy (non-hydrogen) atoms. The van der Waals surface area contributed by atoms with E-state index in [1.807, 2.05) is 18.1 Å². The summed E-state index contributed by atoms with van der Waals surface area (Å²) in [4.78, 5) is 6.40. The highest BCUT2D eigenvalue weighted by Crippen LogP contribution is 2.25. The lowest BCUT2D eigenvalue weighted by Gasteiger charge is -2.16. The number of nitrogens with zero attached hydrogens (tertiary/aromatic N) is 5. The van der Waals surface area contributed by atoms with Crippen LogP contribution in [0.5, 0.6) is 0 Å². The van der Waals surface area contributed by atoms with Crippen LogP contribution in [0.3, 0.4) is 0 Å². The number of hydrogen-bond donors (Lipinski definition) is 1. The van der Waals surface area contributed by atoms with E-state index in [2.05, 4.69) is 15.3 Å². The van der Waals surface area contributed by atoms with Gasteiger partial charge in [0.15, 0.2) is 5.96 Å². The van der Waals surface area contributed by atoms with Gasteiger partial charge in [0.05, 0.1) is 26.0 Å². The third-order valence-electron chi connectivity index (χ3n) is 4.06. The maximum absolute atomic E-state index is 5.96. The third-order valence-corrected chi connectivity index (χ3v) is 4.06. The van der Waals surface area contributed by atoms with Crippen LogP contribution in [-0.4, -0.2) is 65.4 Å². The Bertz CT molecular complexity index is 513. The SMILES string of the molecule is CO[C@@H]1COC[C@H]1n1cc(CN=C(N)N(C)C2CC2)nn1. The second-order valence-corrected chi connectivity index (χ2v) is 5.59. The summed E-state index contributed by atoms with van der Waals surface area (Å²) < 4.78 is 12.6. The maximum Gasteiger partial charge on any atom is 0.191 e. The van der Waals surface area contributed by atoms with Gasteiger partial charge in [-0.05, 0) is 12.8 Å². The van der Waals surface area contributed by atoms with Crippen molar-refractivity contribution in [2.45, 2.75) is 37.6 Å².